The summed E-state index contributed by atoms with van der Waals surface area (Å²) in [6, 6.07) is 0. The largest absolute Gasteiger partial charge is 0.432 e. The van der Waals surface area contributed by atoms with Crippen LogP contribution >= 0.6 is 0 Å². The van der Waals surface area contributed by atoms with Crippen molar-refractivity contribution in [1.29, 1.82) is 0 Å². The maximum absolute atomic E-state index is 15.0. The summed E-state index contributed by atoms with van der Waals surface area (Å²) in [5, 5.41) is 131. The molecule has 19 heteroatoms. The third-order valence-electron chi connectivity index (χ3n) is 19.6. The summed E-state index contributed by atoms with van der Waals surface area (Å²) in [4.78, 5) is 15.0. The quantitative estimate of drug-likeness (QED) is 0.0971. The molecule has 8 aliphatic rings. The Labute approximate surface area is 392 Å². The number of aliphatic hydroxyl groups excluding tert-OH is 12. The number of allylic oxidation sites excluding steroid dienone is 2. The van der Waals surface area contributed by atoms with E-state index in [1.807, 2.05) is 6.92 Å². The summed E-state index contributed by atoms with van der Waals surface area (Å²) in [6.07, 6.45) is -18.9. The molecule has 8 rings (SSSR count). The van der Waals surface area contributed by atoms with Gasteiger partial charge in [0.25, 0.3) is 0 Å². The minimum Gasteiger partial charge on any atom is -0.432 e. The Bertz CT molecular complexity index is 1820. The second kappa shape index (κ2) is 18.5. The first-order chi connectivity index (χ1) is 31.4. The van der Waals surface area contributed by atoms with Crippen molar-refractivity contribution in [2.45, 2.75) is 204 Å². The summed E-state index contributed by atoms with van der Waals surface area (Å²) < 4.78 is 34.7. The Kier molecular flexibility index (Phi) is 14.4. The Morgan fingerprint density at radius 2 is 1.36 bits per heavy atom. The second-order valence-corrected chi connectivity index (χ2v) is 22.9. The SMILES string of the molecule is CC1CCC2(C(=O)OC3OC(COC4OC(CO)C(OC5OC(C)C(O)C(O)C5O)C(O)C4O)C(O)C(O)C3O)CCC3(C)C(=CCC4C5(C)CCC(O)C(C)(CO)C5C(O)CC43C)C2C1C. The van der Waals surface area contributed by atoms with Crippen molar-refractivity contribution in [3.63, 3.8) is 0 Å². The summed E-state index contributed by atoms with van der Waals surface area (Å²) in [6.45, 7) is 12.8. The first-order valence-corrected chi connectivity index (χ1v) is 24.5. The monoisotopic (exact) mass is 959 g/mol. The van der Waals surface area contributed by atoms with Gasteiger partial charge >= 0.3 is 5.97 Å². The van der Waals surface area contributed by atoms with E-state index in [1.165, 1.54) is 6.92 Å². The van der Waals surface area contributed by atoms with Gasteiger partial charge in [0.15, 0.2) is 12.6 Å². The number of carbonyl (C=O) groups is 1. The fraction of sp³-hybridized carbons (Fsp3) is 0.938. The van der Waals surface area contributed by atoms with Crippen molar-refractivity contribution in [3.8, 4) is 0 Å². The number of hydrogen-bond donors (Lipinski definition) is 12. The average Bonchev–Trinajstić information content (AvgIpc) is 3.29. The van der Waals surface area contributed by atoms with Gasteiger partial charge in [-0.15, -0.1) is 0 Å². The lowest BCUT2D eigenvalue weighted by Crippen LogP contribution is -2.69. The molecule has 67 heavy (non-hydrogen) atoms. The molecular weight excluding hydrogens is 881 g/mol. The first-order valence-electron chi connectivity index (χ1n) is 24.5. The van der Waals surface area contributed by atoms with Crippen LogP contribution < -0.4 is 0 Å². The van der Waals surface area contributed by atoms with Crippen molar-refractivity contribution < 1.29 is 94.5 Å². The minimum atomic E-state index is -1.87. The lowest BCUT2D eigenvalue weighted by atomic mass is 9.33. The smallest absolute Gasteiger partial charge is 0.315 e. The average molecular weight is 959 g/mol. The van der Waals surface area contributed by atoms with Gasteiger partial charge in [0, 0.05) is 11.3 Å². The molecule has 0 aromatic heterocycles. The maximum Gasteiger partial charge on any atom is 0.315 e. The predicted molar refractivity (Wildman–Crippen MR) is 231 cm³/mol. The Balaban J connectivity index is 0.988. The lowest BCUT2D eigenvalue weighted by Gasteiger charge is -2.72. The van der Waals surface area contributed by atoms with Crippen LogP contribution in [0.15, 0.2) is 11.6 Å². The highest BCUT2D eigenvalue weighted by atomic mass is 16.8. The van der Waals surface area contributed by atoms with Crippen LogP contribution in [0.4, 0.5) is 0 Å². The molecule has 4 saturated carbocycles. The van der Waals surface area contributed by atoms with Crippen LogP contribution in [-0.2, 0) is 33.2 Å². The van der Waals surface area contributed by atoms with E-state index >= 15 is 4.79 Å². The van der Waals surface area contributed by atoms with Gasteiger partial charge in [-0.25, -0.2) is 0 Å². The molecule has 0 radical (unpaired) electrons. The summed E-state index contributed by atoms with van der Waals surface area (Å²) in [5.41, 5.74) is -1.95. The van der Waals surface area contributed by atoms with Crippen LogP contribution in [0.3, 0.4) is 0 Å². The van der Waals surface area contributed by atoms with E-state index in [0.717, 1.165) is 12.0 Å². The first kappa shape index (κ1) is 51.9. The van der Waals surface area contributed by atoms with Gasteiger partial charge < -0.3 is 89.7 Å². The fourth-order valence-electron chi connectivity index (χ4n) is 15.2. The minimum absolute atomic E-state index is 0.0331. The Morgan fingerprint density at radius 1 is 0.716 bits per heavy atom. The highest BCUT2D eigenvalue weighted by molar-refractivity contribution is 5.79. The molecule has 5 aliphatic carbocycles. The van der Waals surface area contributed by atoms with E-state index in [2.05, 4.69) is 40.7 Å². The third-order valence-corrected chi connectivity index (χ3v) is 19.6. The molecule has 19 nitrogen and oxygen atoms in total. The van der Waals surface area contributed by atoms with Crippen LogP contribution in [0.1, 0.15) is 99.8 Å². The molecular formula is C48H78O19. The molecule has 27 unspecified atom stereocenters. The van der Waals surface area contributed by atoms with Crippen LogP contribution in [0.5, 0.6) is 0 Å². The molecule has 0 aromatic carbocycles. The topological polar surface area (TPSA) is 315 Å². The number of esters is 1. The molecule has 3 saturated heterocycles. The lowest BCUT2D eigenvalue weighted by molar-refractivity contribution is -0.361. The van der Waals surface area contributed by atoms with Gasteiger partial charge in [-0.1, -0.05) is 53.2 Å². The molecule has 0 amide bonds. The van der Waals surface area contributed by atoms with Gasteiger partial charge in [0.2, 0.25) is 6.29 Å². The predicted octanol–water partition coefficient (Wildman–Crippen LogP) is -1.03. The zero-order valence-corrected chi connectivity index (χ0v) is 39.8. The number of fused-ring (bicyclic) bond motifs is 7. The molecule has 3 heterocycles. The Hall–Kier alpha value is -1.47. The van der Waals surface area contributed by atoms with E-state index in [4.69, 9.17) is 28.4 Å². The van der Waals surface area contributed by atoms with E-state index < -0.39 is 145 Å². The highest BCUT2D eigenvalue weighted by Crippen LogP contribution is 2.76. The van der Waals surface area contributed by atoms with E-state index in [-0.39, 0.29) is 41.6 Å². The summed E-state index contributed by atoms with van der Waals surface area (Å²) in [5.74, 6) is -0.782. The molecule has 0 aromatic rings. The molecule has 0 spiro atoms. The van der Waals surface area contributed by atoms with Gasteiger partial charge in [-0.2, -0.15) is 0 Å². The maximum atomic E-state index is 15.0. The van der Waals surface area contributed by atoms with Crippen molar-refractivity contribution in [2.75, 3.05) is 19.8 Å². The molecule has 27 atom stereocenters. The number of ether oxygens (including phenoxy) is 6. The zero-order chi connectivity index (χ0) is 49.1. The number of carbonyl (C=O) groups excluding carboxylic acids is 1. The highest BCUT2D eigenvalue weighted by Gasteiger charge is 2.72. The van der Waals surface area contributed by atoms with Gasteiger partial charge in [0.05, 0.1) is 43.5 Å². The molecule has 3 aliphatic heterocycles. The van der Waals surface area contributed by atoms with Gasteiger partial charge in [-0.3, -0.25) is 4.79 Å². The van der Waals surface area contributed by atoms with Crippen LogP contribution in [0.2, 0.25) is 0 Å². The van der Waals surface area contributed by atoms with E-state index in [9.17, 15) is 61.3 Å². The Morgan fingerprint density at radius 3 is 2.03 bits per heavy atom. The van der Waals surface area contributed by atoms with Crippen molar-refractivity contribution in [3.05, 3.63) is 11.6 Å². The molecule has 0 bridgehead atoms. The van der Waals surface area contributed by atoms with Crippen LogP contribution in [0, 0.1) is 56.7 Å². The number of aliphatic hydroxyl groups is 12. The van der Waals surface area contributed by atoms with Crippen LogP contribution in [0.25, 0.3) is 0 Å². The molecule has 384 valence electrons. The second-order valence-electron chi connectivity index (χ2n) is 22.9. The summed E-state index contributed by atoms with van der Waals surface area (Å²) >= 11 is 0. The van der Waals surface area contributed by atoms with Crippen LogP contribution in [-0.4, -0.2) is 191 Å². The van der Waals surface area contributed by atoms with E-state index in [0.29, 0.717) is 44.9 Å². The number of rotatable bonds is 9. The van der Waals surface area contributed by atoms with Crippen molar-refractivity contribution >= 4 is 5.97 Å². The molecule has 12 N–H and O–H groups in total. The van der Waals surface area contributed by atoms with E-state index in [1.54, 1.807) is 0 Å². The molecule has 7 fully saturated rings. The zero-order valence-electron chi connectivity index (χ0n) is 39.8. The third kappa shape index (κ3) is 7.92. The number of hydrogen-bond acceptors (Lipinski definition) is 19. The summed E-state index contributed by atoms with van der Waals surface area (Å²) in [7, 11) is 0. The van der Waals surface area contributed by atoms with Crippen molar-refractivity contribution in [1.82, 2.24) is 0 Å². The van der Waals surface area contributed by atoms with Gasteiger partial charge in [0.1, 0.15) is 67.1 Å². The van der Waals surface area contributed by atoms with Crippen molar-refractivity contribution in [2.24, 2.45) is 56.7 Å². The standard InChI is InChI=1S/C48H78O19/c1-20-10-13-48(15-14-46(6)23(29(48)21(20)2)8-9-27-44(4)12-11-28(52)45(5,19-50)39(44)24(51)16-47(27,46)7)43(61)67-42-36(59)33(56)31(54)26(65-42)18-62-40-37(60)34(57)38(25(17-49)64-40)66-41-35(58)32(55)30(53)22(3)63-41/h8,20-22,24-42,49-60H,9-19H2,1-7H3. The fourth-order valence-corrected chi connectivity index (χ4v) is 15.2. The normalized spacial score (nSPS) is 56.7. The van der Waals surface area contributed by atoms with Gasteiger partial charge in [-0.05, 0) is 98.2 Å².